The van der Waals surface area contributed by atoms with Gasteiger partial charge in [0, 0.05) is 25.5 Å². The molecule has 6 heteroatoms. The van der Waals surface area contributed by atoms with E-state index < -0.39 is 6.04 Å². The molecule has 3 rings (SSSR count). The van der Waals surface area contributed by atoms with Crippen molar-refractivity contribution >= 4 is 11.8 Å². The molecule has 0 radical (unpaired) electrons. The topological polar surface area (TPSA) is 71.5 Å². The number of aromatic nitrogens is 1. The lowest BCUT2D eigenvalue weighted by Gasteiger charge is -2.34. The maximum atomic E-state index is 12.5. The third-order valence-electron chi connectivity index (χ3n) is 3.89. The smallest absolute Gasteiger partial charge is 0.249 e. The first-order valence-electron chi connectivity index (χ1n) is 7.82. The Morgan fingerprint density at radius 1 is 1.21 bits per heavy atom. The number of nitrogens with one attached hydrogen (secondary N) is 1. The van der Waals surface area contributed by atoms with E-state index in [1.807, 2.05) is 42.5 Å². The van der Waals surface area contributed by atoms with Crippen molar-refractivity contribution in [2.45, 2.75) is 19.1 Å². The van der Waals surface area contributed by atoms with Crippen LogP contribution in [-0.2, 0) is 27.4 Å². The van der Waals surface area contributed by atoms with Gasteiger partial charge in [0.15, 0.2) is 0 Å². The Balaban J connectivity index is 1.66. The number of carbonyl (C=O) groups is 2. The zero-order valence-corrected chi connectivity index (χ0v) is 13.2. The van der Waals surface area contributed by atoms with Crippen LogP contribution in [0.3, 0.4) is 0 Å². The second-order valence-electron chi connectivity index (χ2n) is 5.62. The molecule has 1 fully saturated rings. The first kappa shape index (κ1) is 16.1. The predicted octanol–water partition coefficient (Wildman–Crippen LogP) is 1.13. The second kappa shape index (κ2) is 7.70. The summed E-state index contributed by atoms with van der Waals surface area (Å²) in [5, 5.41) is 2.85. The van der Waals surface area contributed by atoms with Crippen LogP contribution in [0.4, 0.5) is 0 Å². The van der Waals surface area contributed by atoms with Crippen molar-refractivity contribution in [3.8, 4) is 0 Å². The van der Waals surface area contributed by atoms with Gasteiger partial charge in [0.05, 0.1) is 6.61 Å². The Morgan fingerprint density at radius 3 is 2.75 bits per heavy atom. The SMILES string of the molecule is O=C(NCc1cccnc1)[C@@H]1COCC(=O)N1Cc1ccccc1. The number of ether oxygens (including phenoxy) is 1. The molecular formula is C18H19N3O3. The summed E-state index contributed by atoms with van der Waals surface area (Å²) in [6.07, 6.45) is 3.38. The third-order valence-corrected chi connectivity index (χ3v) is 3.89. The van der Waals surface area contributed by atoms with Gasteiger partial charge in [-0.3, -0.25) is 14.6 Å². The fourth-order valence-electron chi connectivity index (χ4n) is 2.61. The molecule has 1 aromatic carbocycles. The molecular weight excluding hydrogens is 306 g/mol. The number of nitrogens with zero attached hydrogens (tertiary/aromatic N) is 2. The predicted molar refractivity (Wildman–Crippen MR) is 87.7 cm³/mol. The van der Waals surface area contributed by atoms with Crippen molar-refractivity contribution in [2.75, 3.05) is 13.2 Å². The molecule has 0 unspecified atom stereocenters. The van der Waals surface area contributed by atoms with E-state index in [2.05, 4.69) is 10.3 Å². The molecule has 1 aliphatic heterocycles. The zero-order chi connectivity index (χ0) is 16.8. The molecule has 1 N–H and O–H groups in total. The molecule has 0 bridgehead atoms. The third kappa shape index (κ3) is 3.97. The average molecular weight is 325 g/mol. The molecule has 2 heterocycles. The van der Waals surface area contributed by atoms with E-state index in [0.717, 1.165) is 11.1 Å². The van der Waals surface area contributed by atoms with E-state index >= 15 is 0 Å². The van der Waals surface area contributed by atoms with Crippen LogP contribution < -0.4 is 5.32 Å². The van der Waals surface area contributed by atoms with Crippen molar-refractivity contribution in [3.05, 3.63) is 66.0 Å². The molecule has 1 atom stereocenters. The van der Waals surface area contributed by atoms with Crippen LogP contribution in [0.5, 0.6) is 0 Å². The monoisotopic (exact) mass is 325 g/mol. The largest absolute Gasteiger partial charge is 0.369 e. The molecule has 1 aromatic heterocycles. The molecule has 6 nitrogen and oxygen atoms in total. The normalized spacial score (nSPS) is 17.6. The van der Waals surface area contributed by atoms with Crippen LogP contribution >= 0.6 is 0 Å². The lowest BCUT2D eigenvalue weighted by molar-refractivity contribution is -0.155. The number of morpholine rings is 1. The molecule has 24 heavy (non-hydrogen) atoms. The number of amides is 2. The van der Waals surface area contributed by atoms with Crippen LogP contribution in [0.2, 0.25) is 0 Å². The fourth-order valence-corrected chi connectivity index (χ4v) is 2.61. The van der Waals surface area contributed by atoms with Crippen LogP contribution in [0.15, 0.2) is 54.9 Å². The van der Waals surface area contributed by atoms with Gasteiger partial charge in [0.25, 0.3) is 0 Å². The Bertz CT molecular complexity index is 691. The highest BCUT2D eigenvalue weighted by molar-refractivity contribution is 5.89. The quantitative estimate of drug-likeness (QED) is 0.894. The maximum absolute atomic E-state index is 12.5. The van der Waals surface area contributed by atoms with Crippen molar-refractivity contribution in [3.63, 3.8) is 0 Å². The first-order valence-corrected chi connectivity index (χ1v) is 7.82. The zero-order valence-electron chi connectivity index (χ0n) is 13.2. The van der Waals surface area contributed by atoms with E-state index in [1.54, 1.807) is 17.3 Å². The summed E-state index contributed by atoms with van der Waals surface area (Å²) in [4.78, 5) is 30.3. The van der Waals surface area contributed by atoms with Crippen molar-refractivity contribution in [1.29, 1.82) is 0 Å². The number of hydrogen-bond donors (Lipinski definition) is 1. The molecule has 1 saturated heterocycles. The Hall–Kier alpha value is -2.73. The van der Waals surface area contributed by atoms with Crippen LogP contribution in [0.25, 0.3) is 0 Å². The van der Waals surface area contributed by atoms with E-state index in [9.17, 15) is 9.59 Å². The van der Waals surface area contributed by atoms with Gasteiger partial charge in [0.2, 0.25) is 11.8 Å². The van der Waals surface area contributed by atoms with Gasteiger partial charge >= 0.3 is 0 Å². The van der Waals surface area contributed by atoms with E-state index in [4.69, 9.17) is 4.74 Å². The van der Waals surface area contributed by atoms with E-state index in [0.29, 0.717) is 13.1 Å². The number of hydrogen-bond acceptors (Lipinski definition) is 4. The highest BCUT2D eigenvalue weighted by Crippen LogP contribution is 2.14. The van der Waals surface area contributed by atoms with Gasteiger partial charge in [-0.1, -0.05) is 36.4 Å². The van der Waals surface area contributed by atoms with Gasteiger partial charge in [-0.05, 0) is 17.2 Å². The second-order valence-corrected chi connectivity index (χ2v) is 5.62. The molecule has 1 aliphatic rings. The van der Waals surface area contributed by atoms with E-state index in [1.165, 1.54) is 0 Å². The van der Waals surface area contributed by atoms with Gasteiger partial charge in [0.1, 0.15) is 12.6 Å². The van der Waals surface area contributed by atoms with Crippen LogP contribution in [0.1, 0.15) is 11.1 Å². The first-order chi connectivity index (χ1) is 11.7. The maximum Gasteiger partial charge on any atom is 0.249 e. The molecule has 2 aromatic rings. The average Bonchev–Trinajstić information content (AvgIpc) is 2.63. The van der Waals surface area contributed by atoms with Crippen LogP contribution in [-0.4, -0.2) is 41.0 Å². The van der Waals surface area contributed by atoms with E-state index in [-0.39, 0.29) is 25.0 Å². The Labute approximate surface area is 140 Å². The van der Waals surface area contributed by atoms with Gasteiger partial charge < -0.3 is 15.0 Å². The summed E-state index contributed by atoms with van der Waals surface area (Å²) in [7, 11) is 0. The standard InChI is InChI=1S/C18H19N3O3/c22-17-13-24-12-16(21(17)11-14-5-2-1-3-6-14)18(23)20-10-15-7-4-8-19-9-15/h1-9,16H,10-13H2,(H,20,23)/t16-/m0/s1. The van der Waals surface area contributed by atoms with Crippen LogP contribution in [0, 0.1) is 0 Å². The summed E-state index contributed by atoms with van der Waals surface area (Å²) >= 11 is 0. The highest BCUT2D eigenvalue weighted by atomic mass is 16.5. The summed E-state index contributed by atoms with van der Waals surface area (Å²) in [6, 6.07) is 12.7. The Morgan fingerprint density at radius 2 is 2.00 bits per heavy atom. The summed E-state index contributed by atoms with van der Waals surface area (Å²) in [6.45, 7) is 0.987. The fraction of sp³-hybridized carbons (Fsp3) is 0.278. The lowest BCUT2D eigenvalue weighted by atomic mass is 10.1. The number of carbonyl (C=O) groups excluding carboxylic acids is 2. The summed E-state index contributed by atoms with van der Waals surface area (Å²) in [5.41, 5.74) is 1.89. The van der Waals surface area contributed by atoms with Gasteiger partial charge in [-0.15, -0.1) is 0 Å². The number of benzene rings is 1. The van der Waals surface area contributed by atoms with Gasteiger partial charge in [-0.25, -0.2) is 0 Å². The lowest BCUT2D eigenvalue weighted by Crippen LogP contribution is -2.55. The van der Waals surface area contributed by atoms with Crippen molar-refractivity contribution < 1.29 is 14.3 Å². The highest BCUT2D eigenvalue weighted by Gasteiger charge is 2.33. The summed E-state index contributed by atoms with van der Waals surface area (Å²) < 4.78 is 5.27. The molecule has 0 saturated carbocycles. The summed E-state index contributed by atoms with van der Waals surface area (Å²) in [5.74, 6) is -0.394. The number of rotatable bonds is 5. The van der Waals surface area contributed by atoms with Crippen molar-refractivity contribution in [2.24, 2.45) is 0 Å². The minimum absolute atomic E-state index is 0.0131. The molecule has 124 valence electrons. The minimum Gasteiger partial charge on any atom is -0.369 e. The molecule has 2 amide bonds. The van der Waals surface area contributed by atoms with Gasteiger partial charge in [-0.2, -0.15) is 0 Å². The van der Waals surface area contributed by atoms with Crippen molar-refractivity contribution in [1.82, 2.24) is 15.2 Å². The molecule has 0 aliphatic carbocycles. The molecule has 0 spiro atoms. The Kier molecular flexibility index (Phi) is 5.18. The minimum atomic E-state index is -0.622. The number of pyridine rings is 1.